The van der Waals surface area contributed by atoms with Crippen LogP contribution in [0.15, 0.2) is 18.5 Å². The van der Waals surface area contributed by atoms with Crippen LogP contribution in [0, 0.1) is 17.8 Å². The summed E-state index contributed by atoms with van der Waals surface area (Å²) in [5, 5.41) is 10.2. The number of fused-ring (bicyclic) bond motifs is 2. The number of hydrogen-bond acceptors (Lipinski definition) is 5. The third kappa shape index (κ3) is 3.11. The largest absolute Gasteiger partial charge is 0.493 e. The zero-order valence-corrected chi connectivity index (χ0v) is 15.1. The van der Waals surface area contributed by atoms with Crippen molar-refractivity contribution < 1.29 is 19.4 Å². The van der Waals surface area contributed by atoms with E-state index in [-0.39, 0.29) is 0 Å². The molecule has 0 radical (unpaired) electrons. The van der Waals surface area contributed by atoms with Gasteiger partial charge in [0.05, 0.1) is 19.2 Å². The second-order valence-electron chi connectivity index (χ2n) is 7.04. The molecule has 2 aromatic rings. The van der Waals surface area contributed by atoms with Crippen molar-refractivity contribution in [3.63, 3.8) is 0 Å². The maximum atomic E-state index is 11.1. The zero-order chi connectivity index (χ0) is 18.3. The van der Waals surface area contributed by atoms with Crippen molar-refractivity contribution in [3.05, 3.63) is 23.6 Å². The Balaban J connectivity index is 1.43. The first kappa shape index (κ1) is 17.1. The highest BCUT2D eigenvalue weighted by atomic mass is 35.5. The maximum Gasteiger partial charge on any atom is 0.407 e. The number of likely N-dealkylation sites (tertiary alicyclic amines) is 1. The normalized spacial score (nSPS) is 24.7. The lowest BCUT2D eigenvalue weighted by atomic mass is 10.0. The third-order valence-corrected chi connectivity index (χ3v) is 5.77. The molecule has 1 saturated heterocycles. The maximum absolute atomic E-state index is 11.1. The van der Waals surface area contributed by atoms with Crippen LogP contribution in [0.1, 0.15) is 12.8 Å². The summed E-state index contributed by atoms with van der Waals surface area (Å²) in [5.74, 6) is 2.56. The molecule has 1 aromatic heterocycles. The third-order valence-electron chi connectivity index (χ3n) is 5.47. The number of ether oxygens (including phenoxy) is 2. The summed E-state index contributed by atoms with van der Waals surface area (Å²) in [6.07, 6.45) is 2.61. The van der Waals surface area contributed by atoms with Crippen LogP contribution in [0.25, 0.3) is 10.9 Å². The molecule has 7 nitrogen and oxygen atoms in total. The van der Waals surface area contributed by atoms with Crippen LogP contribution in [0.4, 0.5) is 4.79 Å². The van der Waals surface area contributed by atoms with E-state index < -0.39 is 6.09 Å². The summed E-state index contributed by atoms with van der Waals surface area (Å²) < 4.78 is 11.5. The highest BCUT2D eigenvalue weighted by Gasteiger charge is 2.42. The zero-order valence-electron chi connectivity index (χ0n) is 14.4. The Morgan fingerprint density at radius 3 is 2.65 bits per heavy atom. The molecular weight excluding hydrogens is 358 g/mol. The van der Waals surface area contributed by atoms with Crippen LogP contribution >= 0.6 is 11.6 Å². The molecule has 2 atom stereocenters. The van der Waals surface area contributed by atoms with Gasteiger partial charge in [0.1, 0.15) is 11.5 Å². The van der Waals surface area contributed by atoms with E-state index in [1.165, 1.54) is 11.2 Å². The number of rotatable bonds is 4. The van der Waals surface area contributed by atoms with Gasteiger partial charge in [-0.05, 0) is 36.7 Å². The Bertz CT molecular complexity index is 833. The summed E-state index contributed by atoms with van der Waals surface area (Å²) in [5.41, 5.74) is 0.709. The van der Waals surface area contributed by atoms with Gasteiger partial charge in [-0.2, -0.15) is 0 Å². The molecule has 138 valence electrons. The minimum absolute atomic E-state index is 0.381. The van der Waals surface area contributed by atoms with Crippen LogP contribution in [0.2, 0.25) is 5.15 Å². The van der Waals surface area contributed by atoms with Crippen molar-refractivity contribution >= 4 is 28.6 Å². The van der Waals surface area contributed by atoms with Crippen LogP contribution in [-0.4, -0.2) is 52.9 Å². The van der Waals surface area contributed by atoms with Gasteiger partial charge in [-0.25, -0.2) is 14.8 Å². The fourth-order valence-corrected chi connectivity index (χ4v) is 4.43. The first-order valence-corrected chi connectivity index (χ1v) is 9.02. The molecule has 1 aromatic carbocycles. The van der Waals surface area contributed by atoms with Gasteiger partial charge >= 0.3 is 6.09 Å². The summed E-state index contributed by atoms with van der Waals surface area (Å²) >= 11 is 6.11. The lowest BCUT2D eigenvalue weighted by molar-refractivity contribution is 0.149. The van der Waals surface area contributed by atoms with E-state index in [2.05, 4.69) is 9.97 Å². The molecule has 1 N–H and O–H groups in total. The highest BCUT2D eigenvalue weighted by Crippen LogP contribution is 2.42. The first-order valence-electron chi connectivity index (χ1n) is 8.64. The predicted molar refractivity (Wildman–Crippen MR) is 95.9 cm³/mol. The molecule has 1 saturated carbocycles. The molecule has 1 amide bonds. The lowest BCUT2D eigenvalue weighted by Crippen LogP contribution is -2.28. The topological polar surface area (TPSA) is 84.8 Å². The Morgan fingerprint density at radius 1 is 1.27 bits per heavy atom. The van der Waals surface area contributed by atoms with Gasteiger partial charge in [0, 0.05) is 24.5 Å². The van der Waals surface area contributed by atoms with Crippen molar-refractivity contribution in [3.8, 4) is 11.5 Å². The van der Waals surface area contributed by atoms with E-state index in [1.54, 1.807) is 13.2 Å². The van der Waals surface area contributed by atoms with Crippen LogP contribution in [-0.2, 0) is 0 Å². The monoisotopic (exact) mass is 377 g/mol. The van der Waals surface area contributed by atoms with Gasteiger partial charge in [-0.3, -0.25) is 0 Å². The van der Waals surface area contributed by atoms with E-state index in [1.807, 2.05) is 6.07 Å². The van der Waals surface area contributed by atoms with Crippen molar-refractivity contribution in [2.45, 2.75) is 12.8 Å². The number of methoxy groups -OCH3 is 1. The number of halogens is 1. The molecule has 8 heteroatoms. The van der Waals surface area contributed by atoms with Gasteiger partial charge in [0.2, 0.25) is 0 Å². The number of carboxylic acid groups (broad SMARTS) is 1. The molecule has 2 aliphatic rings. The molecule has 1 aliphatic carbocycles. The second kappa shape index (κ2) is 6.79. The second-order valence-corrected chi connectivity index (χ2v) is 7.40. The Hall–Kier alpha value is -2.28. The van der Waals surface area contributed by atoms with Gasteiger partial charge in [0.25, 0.3) is 0 Å². The smallest absolute Gasteiger partial charge is 0.407 e. The predicted octanol–water partition coefficient (Wildman–Crippen LogP) is 3.31. The summed E-state index contributed by atoms with van der Waals surface area (Å²) in [4.78, 5) is 20.8. The van der Waals surface area contributed by atoms with Gasteiger partial charge in [-0.15, -0.1) is 0 Å². The van der Waals surface area contributed by atoms with E-state index in [9.17, 15) is 4.79 Å². The fraction of sp³-hybridized carbons (Fsp3) is 0.500. The van der Waals surface area contributed by atoms with E-state index in [0.717, 1.165) is 18.2 Å². The van der Waals surface area contributed by atoms with E-state index in [0.29, 0.717) is 59.6 Å². The van der Waals surface area contributed by atoms with Gasteiger partial charge in [0.15, 0.2) is 11.5 Å². The quantitative estimate of drug-likeness (QED) is 0.823. The number of hydrogen-bond donors (Lipinski definition) is 1. The average molecular weight is 378 g/mol. The number of amides is 1. The van der Waals surface area contributed by atoms with Crippen LogP contribution in [0.3, 0.4) is 0 Å². The average Bonchev–Trinajstić information content (AvgIpc) is 3.18. The van der Waals surface area contributed by atoms with Crippen molar-refractivity contribution in [1.29, 1.82) is 0 Å². The standard InChI is InChI=1S/C18H20ClN3O4/c1-25-15-4-13-14(20-9-21-17(13)19)5-16(15)26-8-10-2-11-6-22(18(23)24)7-12(11)3-10/h4-5,9-12H,2-3,6-8H2,1H3,(H,23,24). The Kier molecular flexibility index (Phi) is 4.48. The van der Waals surface area contributed by atoms with E-state index in [4.69, 9.17) is 26.2 Å². The first-order chi connectivity index (χ1) is 12.5. The SMILES string of the molecule is COc1cc2c(Cl)ncnc2cc1OCC1CC2CN(C(=O)O)CC2C1. The molecule has 2 fully saturated rings. The molecule has 0 spiro atoms. The van der Waals surface area contributed by atoms with E-state index >= 15 is 0 Å². The minimum atomic E-state index is -0.811. The minimum Gasteiger partial charge on any atom is -0.493 e. The van der Waals surface area contributed by atoms with Crippen molar-refractivity contribution in [2.24, 2.45) is 17.8 Å². The molecule has 26 heavy (non-hydrogen) atoms. The molecule has 1 aliphatic heterocycles. The Morgan fingerprint density at radius 2 is 2.00 bits per heavy atom. The number of nitrogens with zero attached hydrogens (tertiary/aromatic N) is 3. The molecule has 0 bridgehead atoms. The van der Waals surface area contributed by atoms with Crippen molar-refractivity contribution in [1.82, 2.24) is 14.9 Å². The highest BCUT2D eigenvalue weighted by molar-refractivity contribution is 6.34. The number of carbonyl (C=O) groups is 1. The summed E-state index contributed by atoms with van der Waals surface area (Å²) in [7, 11) is 1.59. The molecule has 2 unspecified atom stereocenters. The number of aromatic nitrogens is 2. The van der Waals surface area contributed by atoms with Crippen molar-refractivity contribution in [2.75, 3.05) is 26.8 Å². The summed E-state index contributed by atoms with van der Waals surface area (Å²) in [6, 6.07) is 3.62. The van der Waals surface area contributed by atoms with Crippen LogP contribution < -0.4 is 9.47 Å². The lowest BCUT2D eigenvalue weighted by Gasteiger charge is -2.18. The molecular formula is C18H20ClN3O4. The van der Waals surface area contributed by atoms with Gasteiger partial charge in [-0.1, -0.05) is 11.6 Å². The summed E-state index contributed by atoms with van der Waals surface area (Å²) in [6.45, 7) is 1.87. The number of benzene rings is 1. The Labute approximate surface area is 155 Å². The molecule has 4 rings (SSSR count). The molecule has 2 heterocycles. The van der Waals surface area contributed by atoms with Crippen LogP contribution in [0.5, 0.6) is 11.5 Å². The fourth-order valence-electron chi connectivity index (χ4n) is 4.23. The van der Waals surface area contributed by atoms with Gasteiger partial charge < -0.3 is 19.5 Å².